The van der Waals surface area contributed by atoms with Crippen molar-refractivity contribution >= 4 is 5.78 Å². The molecule has 0 amide bonds. The fourth-order valence-corrected chi connectivity index (χ4v) is 3.53. The van der Waals surface area contributed by atoms with Gasteiger partial charge in [-0.25, -0.2) is 4.98 Å². The van der Waals surface area contributed by atoms with Crippen LogP contribution in [0.2, 0.25) is 0 Å². The molecule has 0 saturated carbocycles. The average molecular weight is 363 g/mol. The van der Waals surface area contributed by atoms with Crippen molar-refractivity contribution in [3.63, 3.8) is 0 Å². The molecule has 0 aliphatic carbocycles. The van der Waals surface area contributed by atoms with Crippen molar-refractivity contribution < 1.29 is 9.53 Å². The molecule has 2 atom stereocenters. The van der Waals surface area contributed by atoms with Crippen LogP contribution in [0.4, 0.5) is 0 Å². The lowest BCUT2D eigenvalue weighted by atomic mass is 9.82. The van der Waals surface area contributed by atoms with Crippen LogP contribution in [0, 0.1) is 18.3 Å². The van der Waals surface area contributed by atoms with Crippen LogP contribution >= 0.6 is 0 Å². The van der Waals surface area contributed by atoms with E-state index >= 15 is 0 Å². The third-order valence-corrected chi connectivity index (χ3v) is 5.34. The van der Waals surface area contributed by atoms with E-state index in [2.05, 4.69) is 23.3 Å². The standard InChI is InChI=1S/C22H25N3O2/c1-4-17-7-5-6-8-19(17)20(26)22(11-9-15(2)25-14-22)27-21-16(3)18(13-23)10-12-24-21/h5-8,10,12,15,25H,4,9,11,14H2,1-3H3/t15-,22-/m1/s1. The molecule has 140 valence electrons. The highest BCUT2D eigenvalue weighted by Gasteiger charge is 2.45. The second-order valence-electron chi connectivity index (χ2n) is 7.16. The molecule has 0 spiro atoms. The number of ketones is 1. The number of nitrogens with zero attached hydrogens (tertiary/aromatic N) is 2. The zero-order chi connectivity index (χ0) is 19.4. The number of piperidine rings is 1. The van der Waals surface area contributed by atoms with Crippen molar-refractivity contribution in [2.75, 3.05) is 6.54 Å². The highest BCUT2D eigenvalue weighted by molar-refractivity contribution is 6.04. The molecule has 0 bridgehead atoms. The molecule has 1 aromatic carbocycles. The maximum absolute atomic E-state index is 13.6. The molecule has 1 fully saturated rings. The summed E-state index contributed by atoms with van der Waals surface area (Å²) in [6.45, 7) is 6.37. The first-order valence-electron chi connectivity index (χ1n) is 9.41. The maximum atomic E-state index is 13.6. The minimum absolute atomic E-state index is 0.0251. The number of ether oxygens (including phenoxy) is 1. The molecular formula is C22H25N3O2. The normalized spacial score (nSPS) is 22.1. The SMILES string of the molecule is CCc1ccccc1C(=O)[C@@]1(Oc2nccc(C#N)c2C)CC[C@@H](C)NC1. The predicted molar refractivity (Wildman–Crippen MR) is 104 cm³/mol. The van der Waals surface area contributed by atoms with Gasteiger partial charge in [-0.1, -0.05) is 31.2 Å². The molecule has 27 heavy (non-hydrogen) atoms. The topological polar surface area (TPSA) is 75.0 Å². The summed E-state index contributed by atoms with van der Waals surface area (Å²) in [5.74, 6) is 0.329. The molecular weight excluding hydrogens is 338 g/mol. The number of pyridine rings is 1. The van der Waals surface area contributed by atoms with E-state index < -0.39 is 5.60 Å². The number of Topliss-reactive ketones (excluding diaryl/α,β-unsaturated/α-hetero) is 1. The number of carbonyl (C=O) groups is 1. The number of rotatable bonds is 5. The number of carbonyl (C=O) groups excluding carboxylic acids is 1. The predicted octanol–water partition coefficient (Wildman–Crippen LogP) is 3.60. The third-order valence-electron chi connectivity index (χ3n) is 5.34. The minimum Gasteiger partial charge on any atom is -0.461 e. The van der Waals surface area contributed by atoms with Crippen LogP contribution in [0.25, 0.3) is 0 Å². The van der Waals surface area contributed by atoms with Crippen LogP contribution in [-0.4, -0.2) is 29.0 Å². The highest BCUT2D eigenvalue weighted by atomic mass is 16.5. The van der Waals surface area contributed by atoms with Crippen LogP contribution in [0.1, 0.15) is 53.7 Å². The zero-order valence-corrected chi connectivity index (χ0v) is 16.1. The summed E-state index contributed by atoms with van der Waals surface area (Å²) in [6.07, 6.45) is 3.77. The molecule has 1 saturated heterocycles. The Kier molecular flexibility index (Phi) is 5.57. The number of aromatic nitrogens is 1. The second kappa shape index (κ2) is 7.89. The van der Waals surface area contributed by atoms with Gasteiger partial charge < -0.3 is 10.1 Å². The van der Waals surface area contributed by atoms with Gasteiger partial charge in [0, 0.05) is 29.9 Å². The Bertz CT molecular complexity index is 877. The summed E-state index contributed by atoms with van der Waals surface area (Å²) in [7, 11) is 0. The van der Waals surface area contributed by atoms with E-state index in [1.54, 1.807) is 19.2 Å². The molecule has 1 aliphatic heterocycles. The van der Waals surface area contributed by atoms with Crippen molar-refractivity contribution in [2.45, 2.75) is 51.7 Å². The molecule has 0 unspecified atom stereocenters. The number of aryl methyl sites for hydroxylation is 1. The Hall–Kier alpha value is -2.71. The third kappa shape index (κ3) is 3.72. The molecule has 3 rings (SSSR count). The Morgan fingerprint density at radius 2 is 2.19 bits per heavy atom. The molecule has 5 heteroatoms. The van der Waals surface area contributed by atoms with Crippen molar-refractivity contribution in [3.8, 4) is 11.9 Å². The minimum atomic E-state index is -1.02. The summed E-state index contributed by atoms with van der Waals surface area (Å²) in [6, 6.07) is 11.8. The lowest BCUT2D eigenvalue weighted by Crippen LogP contribution is -2.58. The van der Waals surface area contributed by atoms with Gasteiger partial charge in [0.2, 0.25) is 11.7 Å². The Morgan fingerprint density at radius 3 is 2.85 bits per heavy atom. The van der Waals surface area contributed by atoms with Gasteiger partial charge in [-0.3, -0.25) is 4.79 Å². The molecule has 1 N–H and O–H groups in total. The van der Waals surface area contributed by atoms with Crippen LogP contribution in [0.3, 0.4) is 0 Å². The summed E-state index contributed by atoms with van der Waals surface area (Å²) in [5, 5.41) is 12.7. The number of hydrogen-bond donors (Lipinski definition) is 1. The lowest BCUT2D eigenvalue weighted by Gasteiger charge is -2.39. The van der Waals surface area contributed by atoms with Gasteiger partial charge in [-0.05, 0) is 44.7 Å². The number of hydrogen-bond acceptors (Lipinski definition) is 5. The summed E-state index contributed by atoms with van der Waals surface area (Å²) < 4.78 is 6.31. The molecule has 0 radical (unpaired) electrons. The van der Waals surface area contributed by atoms with Crippen LogP contribution < -0.4 is 10.1 Å². The first kappa shape index (κ1) is 19.1. The molecule has 5 nitrogen and oxygen atoms in total. The van der Waals surface area contributed by atoms with Crippen molar-refractivity contribution in [2.24, 2.45) is 0 Å². The Labute approximate surface area is 160 Å². The quantitative estimate of drug-likeness (QED) is 0.822. The van der Waals surface area contributed by atoms with Crippen molar-refractivity contribution in [3.05, 3.63) is 58.8 Å². The smallest absolute Gasteiger partial charge is 0.218 e. The average Bonchev–Trinajstić information content (AvgIpc) is 2.71. The van der Waals surface area contributed by atoms with E-state index in [0.717, 1.165) is 18.4 Å². The molecule has 2 aromatic rings. The van der Waals surface area contributed by atoms with Crippen molar-refractivity contribution in [1.29, 1.82) is 5.26 Å². The fourth-order valence-electron chi connectivity index (χ4n) is 3.53. The van der Waals surface area contributed by atoms with Gasteiger partial charge in [0.1, 0.15) is 0 Å². The second-order valence-corrected chi connectivity index (χ2v) is 7.16. The summed E-state index contributed by atoms with van der Waals surface area (Å²) >= 11 is 0. The lowest BCUT2D eigenvalue weighted by molar-refractivity contribution is 0.0260. The zero-order valence-electron chi connectivity index (χ0n) is 16.1. The first-order valence-corrected chi connectivity index (χ1v) is 9.41. The maximum Gasteiger partial charge on any atom is 0.218 e. The molecule has 1 aromatic heterocycles. The number of nitriles is 1. The van der Waals surface area contributed by atoms with Crippen LogP contribution in [0.5, 0.6) is 5.88 Å². The largest absolute Gasteiger partial charge is 0.461 e. The number of nitrogens with one attached hydrogen (secondary N) is 1. The van der Waals surface area contributed by atoms with Gasteiger partial charge in [-0.15, -0.1) is 0 Å². The van der Waals surface area contributed by atoms with Crippen molar-refractivity contribution in [1.82, 2.24) is 10.3 Å². The summed E-state index contributed by atoms with van der Waals surface area (Å²) in [5.41, 5.74) is 1.86. The summed E-state index contributed by atoms with van der Waals surface area (Å²) in [4.78, 5) is 17.9. The van der Waals surface area contributed by atoms with Crippen LogP contribution in [-0.2, 0) is 6.42 Å². The van der Waals surface area contributed by atoms with Gasteiger partial charge >= 0.3 is 0 Å². The number of benzene rings is 1. The van der Waals surface area contributed by atoms with Crippen LogP contribution in [0.15, 0.2) is 36.5 Å². The van der Waals surface area contributed by atoms with E-state index in [4.69, 9.17) is 4.74 Å². The van der Waals surface area contributed by atoms with Gasteiger partial charge in [0.25, 0.3) is 0 Å². The van der Waals surface area contributed by atoms with E-state index in [9.17, 15) is 10.1 Å². The van der Waals surface area contributed by atoms with E-state index in [0.29, 0.717) is 41.6 Å². The van der Waals surface area contributed by atoms with E-state index in [1.807, 2.05) is 31.2 Å². The molecule has 1 aliphatic rings. The van der Waals surface area contributed by atoms with Gasteiger partial charge in [0.15, 0.2) is 5.60 Å². The Morgan fingerprint density at radius 1 is 1.41 bits per heavy atom. The van der Waals surface area contributed by atoms with Gasteiger partial charge in [-0.2, -0.15) is 5.26 Å². The highest BCUT2D eigenvalue weighted by Crippen LogP contribution is 2.32. The monoisotopic (exact) mass is 363 g/mol. The first-order chi connectivity index (χ1) is 13.0. The van der Waals surface area contributed by atoms with E-state index in [-0.39, 0.29) is 5.78 Å². The molecule has 2 heterocycles. The fraction of sp³-hybridized carbons (Fsp3) is 0.409. The Balaban J connectivity index is 2.03. The van der Waals surface area contributed by atoms with E-state index in [1.165, 1.54) is 0 Å². The van der Waals surface area contributed by atoms with Gasteiger partial charge in [0.05, 0.1) is 11.6 Å².